The lowest BCUT2D eigenvalue weighted by Crippen LogP contribution is -2.39. The standard InChI is InChI=1S/C14H20N2O3S/c1-18-12-4-3-10(7-13(12)19-2)16-14(17)8-11-9-20-6-5-15-11/h3-4,7,11,15H,5-6,8-9H2,1-2H3,(H,16,17). The van der Waals surface area contributed by atoms with Crippen LogP contribution < -0.4 is 20.1 Å². The highest BCUT2D eigenvalue weighted by molar-refractivity contribution is 7.99. The lowest BCUT2D eigenvalue weighted by molar-refractivity contribution is -0.116. The van der Waals surface area contributed by atoms with E-state index in [0.29, 0.717) is 17.9 Å². The van der Waals surface area contributed by atoms with E-state index < -0.39 is 0 Å². The van der Waals surface area contributed by atoms with Crippen LogP contribution in [0.25, 0.3) is 0 Å². The number of hydrogen-bond acceptors (Lipinski definition) is 5. The monoisotopic (exact) mass is 296 g/mol. The summed E-state index contributed by atoms with van der Waals surface area (Å²) in [4.78, 5) is 12.0. The van der Waals surface area contributed by atoms with Crippen LogP contribution in [-0.4, -0.2) is 44.2 Å². The van der Waals surface area contributed by atoms with Gasteiger partial charge in [0.2, 0.25) is 5.91 Å². The normalized spacial score (nSPS) is 18.4. The number of hydrogen-bond donors (Lipinski definition) is 2. The Hall–Kier alpha value is -1.40. The molecule has 0 aliphatic carbocycles. The van der Waals surface area contributed by atoms with Crippen molar-refractivity contribution in [3.05, 3.63) is 18.2 Å². The largest absolute Gasteiger partial charge is 0.493 e. The summed E-state index contributed by atoms with van der Waals surface area (Å²) < 4.78 is 10.4. The molecule has 1 atom stereocenters. The SMILES string of the molecule is COc1ccc(NC(=O)CC2CSCCN2)cc1OC. The first kappa shape index (κ1) is 15.0. The number of nitrogens with one attached hydrogen (secondary N) is 2. The van der Waals surface area contributed by atoms with Crippen LogP contribution in [0.5, 0.6) is 11.5 Å². The number of amides is 1. The Bertz CT molecular complexity index is 462. The molecule has 110 valence electrons. The van der Waals surface area contributed by atoms with Gasteiger partial charge in [-0.15, -0.1) is 0 Å². The molecular formula is C14H20N2O3S. The fourth-order valence-electron chi connectivity index (χ4n) is 2.10. The van der Waals surface area contributed by atoms with Gasteiger partial charge in [-0.3, -0.25) is 4.79 Å². The minimum atomic E-state index is 0.0113. The number of benzene rings is 1. The Balaban J connectivity index is 1.93. The molecule has 20 heavy (non-hydrogen) atoms. The van der Waals surface area contributed by atoms with E-state index in [-0.39, 0.29) is 11.9 Å². The van der Waals surface area contributed by atoms with Gasteiger partial charge < -0.3 is 20.1 Å². The van der Waals surface area contributed by atoms with Crippen molar-refractivity contribution in [2.75, 3.05) is 37.6 Å². The molecule has 1 unspecified atom stereocenters. The minimum Gasteiger partial charge on any atom is -0.493 e. The average molecular weight is 296 g/mol. The maximum atomic E-state index is 12.0. The lowest BCUT2D eigenvalue weighted by atomic mass is 10.2. The van der Waals surface area contributed by atoms with Gasteiger partial charge >= 0.3 is 0 Å². The maximum absolute atomic E-state index is 12.0. The second-order valence-electron chi connectivity index (χ2n) is 4.55. The van der Waals surface area contributed by atoms with Gasteiger partial charge in [-0.2, -0.15) is 11.8 Å². The van der Waals surface area contributed by atoms with E-state index in [4.69, 9.17) is 9.47 Å². The summed E-state index contributed by atoms with van der Waals surface area (Å²) in [5, 5.41) is 6.24. The first-order valence-electron chi connectivity index (χ1n) is 6.56. The summed E-state index contributed by atoms with van der Waals surface area (Å²) >= 11 is 1.88. The highest BCUT2D eigenvalue weighted by Crippen LogP contribution is 2.29. The number of ether oxygens (including phenoxy) is 2. The van der Waals surface area contributed by atoms with Gasteiger partial charge in [-0.1, -0.05) is 0 Å². The van der Waals surface area contributed by atoms with Crippen LogP contribution in [0, 0.1) is 0 Å². The zero-order valence-electron chi connectivity index (χ0n) is 11.8. The van der Waals surface area contributed by atoms with Crippen molar-refractivity contribution in [3.63, 3.8) is 0 Å². The highest BCUT2D eigenvalue weighted by atomic mass is 32.2. The van der Waals surface area contributed by atoms with E-state index in [2.05, 4.69) is 10.6 Å². The van der Waals surface area contributed by atoms with Gasteiger partial charge in [0.15, 0.2) is 11.5 Å². The van der Waals surface area contributed by atoms with Gasteiger partial charge in [0.25, 0.3) is 0 Å². The van der Waals surface area contributed by atoms with E-state index in [0.717, 1.165) is 23.7 Å². The topological polar surface area (TPSA) is 59.6 Å². The van der Waals surface area contributed by atoms with Gasteiger partial charge in [0.05, 0.1) is 14.2 Å². The highest BCUT2D eigenvalue weighted by Gasteiger charge is 2.17. The van der Waals surface area contributed by atoms with Crippen LogP contribution in [0.15, 0.2) is 18.2 Å². The van der Waals surface area contributed by atoms with E-state index in [1.807, 2.05) is 17.8 Å². The third kappa shape index (κ3) is 4.05. The lowest BCUT2D eigenvalue weighted by Gasteiger charge is -2.22. The summed E-state index contributed by atoms with van der Waals surface area (Å²) in [7, 11) is 3.16. The number of carbonyl (C=O) groups is 1. The van der Waals surface area contributed by atoms with Crippen molar-refractivity contribution in [3.8, 4) is 11.5 Å². The van der Waals surface area contributed by atoms with Crippen molar-refractivity contribution < 1.29 is 14.3 Å². The Morgan fingerprint density at radius 1 is 1.40 bits per heavy atom. The predicted molar refractivity (Wildman–Crippen MR) is 81.9 cm³/mol. The molecule has 6 heteroatoms. The number of thioether (sulfide) groups is 1. The molecule has 2 N–H and O–H groups in total. The molecule has 2 rings (SSSR count). The van der Waals surface area contributed by atoms with Crippen molar-refractivity contribution >= 4 is 23.4 Å². The third-order valence-electron chi connectivity index (χ3n) is 3.10. The van der Waals surface area contributed by atoms with Crippen LogP contribution in [0.2, 0.25) is 0 Å². The second-order valence-corrected chi connectivity index (χ2v) is 5.70. The molecule has 1 aliphatic rings. The Kier molecular flexibility index (Phi) is 5.55. The average Bonchev–Trinajstić information content (AvgIpc) is 2.48. The summed E-state index contributed by atoms with van der Waals surface area (Å²) in [5.41, 5.74) is 0.719. The van der Waals surface area contributed by atoms with Crippen LogP contribution in [-0.2, 0) is 4.79 Å². The molecule has 1 aliphatic heterocycles. The van der Waals surface area contributed by atoms with E-state index in [1.54, 1.807) is 26.4 Å². The molecule has 0 saturated carbocycles. The molecule has 0 radical (unpaired) electrons. The molecule has 1 amide bonds. The molecule has 1 fully saturated rings. The van der Waals surface area contributed by atoms with Crippen molar-refractivity contribution in [2.45, 2.75) is 12.5 Å². The van der Waals surface area contributed by atoms with Crippen molar-refractivity contribution in [2.24, 2.45) is 0 Å². The summed E-state index contributed by atoms with van der Waals surface area (Å²) in [6.07, 6.45) is 0.487. The van der Waals surface area contributed by atoms with Gasteiger partial charge in [-0.05, 0) is 12.1 Å². The van der Waals surface area contributed by atoms with E-state index >= 15 is 0 Å². The van der Waals surface area contributed by atoms with Crippen LogP contribution in [0.3, 0.4) is 0 Å². The smallest absolute Gasteiger partial charge is 0.225 e. The molecule has 0 bridgehead atoms. The summed E-state index contributed by atoms with van der Waals surface area (Å²) in [6.45, 7) is 0.971. The molecule has 1 aromatic carbocycles. The Labute approximate surface area is 123 Å². The fourth-order valence-corrected chi connectivity index (χ4v) is 3.05. The number of rotatable bonds is 5. The molecule has 0 aromatic heterocycles. The third-order valence-corrected chi connectivity index (χ3v) is 4.23. The minimum absolute atomic E-state index is 0.0113. The van der Waals surface area contributed by atoms with Crippen LogP contribution in [0.4, 0.5) is 5.69 Å². The zero-order valence-corrected chi connectivity index (χ0v) is 12.6. The molecule has 5 nitrogen and oxygen atoms in total. The molecular weight excluding hydrogens is 276 g/mol. The first-order chi connectivity index (χ1) is 9.72. The molecule has 1 aromatic rings. The maximum Gasteiger partial charge on any atom is 0.225 e. The predicted octanol–water partition coefficient (Wildman–Crippen LogP) is 1.74. The quantitative estimate of drug-likeness (QED) is 0.866. The zero-order chi connectivity index (χ0) is 14.4. The van der Waals surface area contributed by atoms with E-state index in [9.17, 15) is 4.79 Å². The van der Waals surface area contributed by atoms with Gasteiger partial charge in [-0.25, -0.2) is 0 Å². The van der Waals surface area contributed by atoms with Gasteiger partial charge in [0.1, 0.15) is 0 Å². The fraction of sp³-hybridized carbons (Fsp3) is 0.500. The number of carbonyl (C=O) groups excluding carboxylic acids is 1. The Morgan fingerprint density at radius 2 is 2.20 bits per heavy atom. The molecule has 0 spiro atoms. The number of anilines is 1. The molecule has 1 saturated heterocycles. The van der Waals surface area contributed by atoms with E-state index in [1.165, 1.54) is 0 Å². The van der Waals surface area contributed by atoms with Crippen molar-refractivity contribution in [1.29, 1.82) is 0 Å². The van der Waals surface area contributed by atoms with Crippen LogP contribution in [0.1, 0.15) is 6.42 Å². The Morgan fingerprint density at radius 3 is 2.85 bits per heavy atom. The first-order valence-corrected chi connectivity index (χ1v) is 7.71. The van der Waals surface area contributed by atoms with Crippen LogP contribution >= 0.6 is 11.8 Å². The van der Waals surface area contributed by atoms with Gasteiger partial charge in [0, 0.05) is 42.3 Å². The molecule has 1 heterocycles. The van der Waals surface area contributed by atoms with Crippen molar-refractivity contribution in [1.82, 2.24) is 5.32 Å². The number of methoxy groups -OCH3 is 2. The summed E-state index contributed by atoms with van der Waals surface area (Å²) in [5.74, 6) is 3.37. The summed E-state index contributed by atoms with van der Waals surface area (Å²) in [6, 6.07) is 5.61. The second kappa shape index (κ2) is 7.40.